The normalized spacial score (nSPS) is 9.83. The van der Waals surface area contributed by atoms with Crippen LogP contribution in [0.4, 0.5) is 0 Å². The lowest BCUT2D eigenvalue weighted by atomic mass is 10.1. The molecule has 0 spiro atoms. The van der Waals surface area contributed by atoms with E-state index >= 15 is 0 Å². The maximum Gasteiger partial charge on any atom is 0.267 e. The Morgan fingerprint density at radius 3 is 2.50 bits per heavy atom. The van der Waals surface area contributed by atoms with E-state index < -0.39 is 5.91 Å². The number of methoxy groups -OCH3 is 1. The highest BCUT2D eigenvalue weighted by Crippen LogP contribution is 2.26. The van der Waals surface area contributed by atoms with E-state index in [1.807, 2.05) is 44.2 Å². The predicted molar refractivity (Wildman–Crippen MR) is 94.1 cm³/mol. The van der Waals surface area contributed by atoms with E-state index in [1.54, 1.807) is 31.4 Å². The molecule has 0 saturated heterocycles. The minimum absolute atomic E-state index is 0.464. The number of carbonyl (C=O) groups is 1. The molecule has 0 saturated carbocycles. The Labute approximate surface area is 142 Å². The van der Waals surface area contributed by atoms with Crippen molar-refractivity contribution >= 4 is 12.0 Å². The standard InChI is InChI=1S/C17H17NO4.C2H6/c1-21-16-11-15(22-12-13-5-3-2-4-6-13)9-7-14(16)8-10-17(19)18-20;1-2/h2-11,20H,12H2,1H3,(H,18,19);1-2H3/b10-8+;. The number of hydrogen-bond acceptors (Lipinski definition) is 4. The van der Waals surface area contributed by atoms with Gasteiger partial charge in [0.25, 0.3) is 5.91 Å². The Balaban J connectivity index is 0.00000139. The molecule has 0 aliphatic carbocycles. The smallest absolute Gasteiger partial charge is 0.267 e. The molecule has 0 aliphatic heterocycles. The van der Waals surface area contributed by atoms with Gasteiger partial charge in [-0.15, -0.1) is 0 Å². The lowest BCUT2D eigenvalue weighted by Gasteiger charge is -2.10. The van der Waals surface area contributed by atoms with Gasteiger partial charge in [0.05, 0.1) is 7.11 Å². The van der Waals surface area contributed by atoms with E-state index in [0.29, 0.717) is 23.7 Å². The highest BCUT2D eigenvalue weighted by Gasteiger charge is 2.04. The van der Waals surface area contributed by atoms with Crippen LogP contribution in [0.5, 0.6) is 11.5 Å². The van der Waals surface area contributed by atoms with Crippen molar-refractivity contribution in [2.75, 3.05) is 7.11 Å². The van der Waals surface area contributed by atoms with E-state index in [1.165, 1.54) is 11.6 Å². The van der Waals surface area contributed by atoms with Crippen molar-refractivity contribution in [3.05, 3.63) is 65.7 Å². The van der Waals surface area contributed by atoms with Crippen LogP contribution in [0, 0.1) is 0 Å². The maximum atomic E-state index is 11.0. The van der Waals surface area contributed by atoms with Crippen LogP contribution in [0.3, 0.4) is 0 Å². The van der Waals surface area contributed by atoms with Gasteiger partial charge in [0.1, 0.15) is 18.1 Å². The monoisotopic (exact) mass is 329 g/mol. The molecule has 0 radical (unpaired) electrons. The lowest BCUT2D eigenvalue weighted by molar-refractivity contribution is -0.124. The Morgan fingerprint density at radius 2 is 1.88 bits per heavy atom. The zero-order chi connectivity index (χ0) is 17.8. The minimum atomic E-state index is -0.605. The Hall–Kier alpha value is -2.79. The molecule has 0 atom stereocenters. The number of amides is 1. The second kappa shape index (κ2) is 10.9. The first-order valence-corrected chi connectivity index (χ1v) is 7.70. The molecule has 2 aromatic carbocycles. The number of carbonyl (C=O) groups excluding carboxylic acids is 1. The van der Waals surface area contributed by atoms with E-state index in [0.717, 1.165) is 5.56 Å². The average Bonchev–Trinajstić information content (AvgIpc) is 2.67. The van der Waals surface area contributed by atoms with Gasteiger partial charge in [-0.3, -0.25) is 10.0 Å². The van der Waals surface area contributed by atoms with Gasteiger partial charge in [-0.25, -0.2) is 5.48 Å². The summed E-state index contributed by atoms with van der Waals surface area (Å²) in [6.45, 7) is 4.46. The molecule has 0 fully saturated rings. The summed E-state index contributed by atoms with van der Waals surface area (Å²) in [5.41, 5.74) is 3.31. The fourth-order valence-electron chi connectivity index (χ4n) is 1.86. The molecule has 5 nitrogen and oxygen atoms in total. The summed E-state index contributed by atoms with van der Waals surface area (Å²) in [5.74, 6) is 0.642. The SMILES string of the molecule is CC.COc1cc(OCc2ccccc2)ccc1/C=C/C(=O)NO. The predicted octanol–water partition coefficient (Wildman–Crippen LogP) is 3.82. The Bertz CT molecular complexity index is 654. The molecule has 0 bridgehead atoms. The second-order valence-electron chi connectivity index (χ2n) is 4.49. The van der Waals surface area contributed by atoms with Crippen molar-refractivity contribution in [1.82, 2.24) is 5.48 Å². The summed E-state index contributed by atoms with van der Waals surface area (Å²) in [4.78, 5) is 11.0. The first-order chi connectivity index (χ1) is 11.7. The van der Waals surface area contributed by atoms with Gasteiger partial charge >= 0.3 is 0 Å². The van der Waals surface area contributed by atoms with Crippen LogP contribution < -0.4 is 15.0 Å². The van der Waals surface area contributed by atoms with Gasteiger partial charge in [0.2, 0.25) is 0 Å². The Kier molecular flexibility index (Phi) is 8.71. The third-order valence-corrected chi connectivity index (χ3v) is 2.98. The molecule has 5 heteroatoms. The van der Waals surface area contributed by atoms with Gasteiger partial charge in [-0.2, -0.15) is 0 Å². The van der Waals surface area contributed by atoms with E-state index in [9.17, 15) is 4.79 Å². The van der Waals surface area contributed by atoms with E-state index in [-0.39, 0.29) is 0 Å². The molecule has 0 aromatic heterocycles. The topological polar surface area (TPSA) is 67.8 Å². The highest BCUT2D eigenvalue weighted by molar-refractivity contribution is 5.91. The van der Waals surface area contributed by atoms with Gasteiger partial charge in [0.15, 0.2) is 0 Å². The quantitative estimate of drug-likeness (QED) is 0.480. The van der Waals surface area contributed by atoms with Crippen LogP contribution in [-0.2, 0) is 11.4 Å². The average molecular weight is 329 g/mol. The summed E-state index contributed by atoms with van der Waals surface area (Å²) < 4.78 is 11.0. The van der Waals surface area contributed by atoms with Gasteiger partial charge in [-0.05, 0) is 23.8 Å². The summed E-state index contributed by atoms with van der Waals surface area (Å²) in [7, 11) is 1.54. The molecule has 2 rings (SSSR count). The molecule has 128 valence electrons. The number of ether oxygens (including phenoxy) is 2. The van der Waals surface area contributed by atoms with Crippen LogP contribution in [0.25, 0.3) is 6.08 Å². The van der Waals surface area contributed by atoms with E-state index in [4.69, 9.17) is 14.7 Å². The number of benzene rings is 2. The molecule has 0 unspecified atom stereocenters. The van der Waals surface area contributed by atoms with Crippen LogP contribution in [0.1, 0.15) is 25.0 Å². The first-order valence-electron chi connectivity index (χ1n) is 7.70. The molecule has 24 heavy (non-hydrogen) atoms. The summed E-state index contributed by atoms with van der Waals surface area (Å²) in [6, 6.07) is 15.2. The Morgan fingerprint density at radius 1 is 1.17 bits per heavy atom. The van der Waals surface area contributed by atoms with Crippen molar-refractivity contribution in [2.24, 2.45) is 0 Å². The summed E-state index contributed by atoms with van der Waals surface area (Å²) in [6.07, 6.45) is 2.76. The maximum absolute atomic E-state index is 11.0. The molecular weight excluding hydrogens is 306 g/mol. The zero-order valence-corrected chi connectivity index (χ0v) is 14.2. The van der Waals surface area contributed by atoms with Crippen molar-refractivity contribution in [1.29, 1.82) is 0 Å². The van der Waals surface area contributed by atoms with Gasteiger partial charge in [0, 0.05) is 17.7 Å². The van der Waals surface area contributed by atoms with Crippen LogP contribution in [0.15, 0.2) is 54.6 Å². The lowest BCUT2D eigenvalue weighted by Crippen LogP contribution is -2.14. The number of rotatable bonds is 6. The largest absolute Gasteiger partial charge is 0.496 e. The van der Waals surface area contributed by atoms with Crippen molar-refractivity contribution < 1.29 is 19.5 Å². The fourth-order valence-corrected chi connectivity index (χ4v) is 1.86. The molecule has 0 aliphatic rings. The molecule has 2 N–H and O–H groups in total. The third-order valence-electron chi connectivity index (χ3n) is 2.98. The first kappa shape index (κ1) is 19.3. The van der Waals surface area contributed by atoms with Gasteiger partial charge in [-0.1, -0.05) is 44.2 Å². The van der Waals surface area contributed by atoms with Crippen molar-refractivity contribution in [2.45, 2.75) is 20.5 Å². The van der Waals surface area contributed by atoms with Crippen molar-refractivity contribution in [3.63, 3.8) is 0 Å². The van der Waals surface area contributed by atoms with Crippen LogP contribution in [0.2, 0.25) is 0 Å². The summed E-state index contributed by atoms with van der Waals surface area (Å²) in [5, 5.41) is 8.46. The summed E-state index contributed by atoms with van der Waals surface area (Å²) >= 11 is 0. The molecule has 2 aromatic rings. The fraction of sp³-hybridized carbons (Fsp3) is 0.211. The van der Waals surface area contributed by atoms with E-state index in [2.05, 4.69) is 0 Å². The molecular formula is C19H23NO4. The molecule has 1 amide bonds. The molecule has 0 heterocycles. The van der Waals surface area contributed by atoms with Crippen LogP contribution in [-0.4, -0.2) is 18.2 Å². The van der Waals surface area contributed by atoms with Crippen LogP contribution >= 0.6 is 0 Å². The number of hydroxylamine groups is 1. The zero-order valence-electron chi connectivity index (χ0n) is 14.2. The van der Waals surface area contributed by atoms with Gasteiger partial charge < -0.3 is 9.47 Å². The van der Waals surface area contributed by atoms with Crippen molar-refractivity contribution in [3.8, 4) is 11.5 Å². The second-order valence-corrected chi connectivity index (χ2v) is 4.49. The third kappa shape index (κ3) is 6.14. The number of nitrogens with one attached hydrogen (secondary N) is 1. The number of hydrogen-bond donors (Lipinski definition) is 2. The highest BCUT2D eigenvalue weighted by atomic mass is 16.5. The minimum Gasteiger partial charge on any atom is -0.496 e.